The van der Waals surface area contributed by atoms with Crippen LogP contribution in [-0.2, 0) is 19.4 Å². The van der Waals surface area contributed by atoms with Crippen molar-refractivity contribution in [2.24, 2.45) is 0 Å². The van der Waals surface area contributed by atoms with E-state index in [2.05, 4.69) is 0 Å². The van der Waals surface area contributed by atoms with Crippen molar-refractivity contribution >= 4 is 15.8 Å². The van der Waals surface area contributed by atoms with Crippen LogP contribution >= 0.6 is 0 Å². The first-order chi connectivity index (χ1) is 9.89. The first-order valence-corrected chi connectivity index (χ1v) is 8.11. The molecule has 0 fully saturated rings. The molecular formula is C14H18N2O4S. The third-order valence-corrected chi connectivity index (χ3v) is 4.50. The van der Waals surface area contributed by atoms with Gasteiger partial charge in [-0.05, 0) is 38.2 Å². The summed E-state index contributed by atoms with van der Waals surface area (Å²) in [5.41, 5.74) is 0.411. The molecule has 6 nitrogen and oxygen atoms in total. The smallest absolute Gasteiger partial charge is 0.320 e. The van der Waals surface area contributed by atoms with E-state index in [-0.39, 0.29) is 29.7 Å². The number of carbonyl (C=O) groups excluding carboxylic acids is 1. The predicted octanol–water partition coefficient (Wildman–Crippen LogP) is 0.827. The van der Waals surface area contributed by atoms with Gasteiger partial charge >= 0.3 is 5.97 Å². The quantitative estimate of drug-likeness (QED) is 0.693. The third-order valence-electron chi connectivity index (χ3n) is 2.79. The van der Waals surface area contributed by atoms with Gasteiger partial charge in [-0.15, -0.1) is 0 Å². The van der Waals surface area contributed by atoms with E-state index in [0.29, 0.717) is 12.2 Å². The van der Waals surface area contributed by atoms with Gasteiger partial charge in [-0.25, -0.2) is 8.42 Å². The summed E-state index contributed by atoms with van der Waals surface area (Å²) in [5.74, 6) is -0.481. The summed E-state index contributed by atoms with van der Waals surface area (Å²) in [6.07, 6.45) is 0. The molecular weight excluding hydrogens is 292 g/mol. The minimum absolute atomic E-state index is 0.0523. The fourth-order valence-corrected chi connectivity index (χ4v) is 2.98. The third kappa shape index (κ3) is 5.53. The molecule has 0 atom stereocenters. The van der Waals surface area contributed by atoms with E-state index in [1.54, 1.807) is 18.9 Å². The second-order valence-electron chi connectivity index (χ2n) is 4.50. The summed E-state index contributed by atoms with van der Waals surface area (Å²) in [7, 11) is -1.77. The van der Waals surface area contributed by atoms with Crippen LogP contribution < -0.4 is 0 Å². The molecule has 0 amide bonds. The number of sulfone groups is 1. The number of nitrogens with zero attached hydrogens (tertiary/aromatic N) is 2. The van der Waals surface area contributed by atoms with Gasteiger partial charge in [-0.3, -0.25) is 9.69 Å². The zero-order chi connectivity index (χ0) is 15.9. The maximum absolute atomic E-state index is 12.1. The molecule has 0 N–H and O–H groups in total. The number of esters is 1. The Morgan fingerprint density at radius 3 is 2.48 bits per heavy atom. The lowest BCUT2D eigenvalue weighted by Crippen LogP contribution is -2.31. The van der Waals surface area contributed by atoms with Gasteiger partial charge in [0.1, 0.15) is 0 Å². The molecule has 0 aliphatic rings. The summed E-state index contributed by atoms with van der Waals surface area (Å²) in [6.45, 7) is 2.29. The summed E-state index contributed by atoms with van der Waals surface area (Å²) in [6, 6.07) is 7.70. The molecule has 1 aromatic carbocycles. The first-order valence-electron chi connectivity index (χ1n) is 6.46. The number of likely N-dealkylation sites (N-methyl/N-ethyl adjacent to an activating group) is 1. The fourth-order valence-electron chi connectivity index (χ4n) is 1.64. The lowest BCUT2D eigenvalue weighted by atomic mass is 10.2. The molecule has 7 heteroatoms. The Labute approximate surface area is 124 Å². The molecule has 0 heterocycles. The van der Waals surface area contributed by atoms with Crippen molar-refractivity contribution in [3.8, 4) is 6.07 Å². The van der Waals surface area contributed by atoms with Crippen LogP contribution in [0.3, 0.4) is 0 Å². The molecule has 1 aromatic rings. The lowest BCUT2D eigenvalue weighted by molar-refractivity contribution is -0.144. The minimum Gasteiger partial charge on any atom is -0.465 e. The van der Waals surface area contributed by atoms with Gasteiger partial charge in [0.15, 0.2) is 9.84 Å². The lowest BCUT2D eigenvalue weighted by Gasteiger charge is -2.15. The molecule has 0 unspecified atom stereocenters. The molecule has 114 valence electrons. The summed E-state index contributed by atoms with van der Waals surface area (Å²) in [4.78, 5) is 13.0. The highest BCUT2D eigenvalue weighted by Gasteiger charge is 2.16. The molecule has 0 aliphatic heterocycles. The molecule has 0 bridgehead atoms. The van der Waals surface area contributed by atoms with Crippen molar-refractivity contribution in [3.05, 3.63) is 29.8 Å². The van der Waals surface area contributed by atoms with E-state index >= 15 is 0 Å². The first kappa shape index (κ1) is 17.1. The van der Waals surface area contributed by atoms with Gasteiger partial charge in [-0.1, -0.05) is 0 Å². The van der Waals surface area contributed by atoms with Crippen molar-refractivity contribution in [1.82, 2.24) is 4.90 Å². The number of rotatable bonds is 7. The molecule has 0 aliphatic carbocycles. The summed E-state index contributed by atoms with van der Waals surface area (Å²) < 4.78 is 29.0. The highest BCUT2D eigenvalue weighted by Crippen LogP contribution is 2.12. The highest BCUT2D eigenvalue weighted by molar-refractivity contribution is 7.91. The van der Waals surface area contributed by atoms with E-state index in [9.17, 15) is 13.2 Å². The zero-order valence-electron chi connectivity index (χ0n) is 12.1. The molecule has 0 aromatic heterocycles. The Kier molecular flexibility index (Phi) is 6.34. The number of benzene rings is 1. The molecule has 21 heavy (non-hydrogen) atoms. The highest BCUT2D eigenvalue weighted by atomic mass is 32.2. The largest absolute Gasteiger partial charge is 0.465 e. The van der Waals surface area contributed by atoms with Gasteiger partial charge in [-0.2, -0.15) is 5.26 Å². The maximum atomic E-state index is 12.1. The monoisotopic (exact) mass is 310 g/mol. The number of hydrogen-bond donors (Lipinski definition) is 0. The summed E-state index contributed by atoms with van der Waals surface area (Å²) >= 11 is 0. The molecule has 0 radical (unpaired) electrons. The minimum atomic E-state index is -3.43. The average Bonchev–Trinajstić information content (AvgIpc) is 2.45. The van der Waals surface area contributed by atoms with Crippen molar-refractivity contribution < 1.29 is 17.9 Å². The number of carbonyl (C=O) groups is 1. The van der Waals surface area contributed by atoms with Crippen LogP contribution in [-0.4, -0.2) is 51.8 Å². The molecule has 0 spiro atoms. The zero-order valence-corrected chi connectivity index (χ0v) is 12.9. The fraction of sp³-hybridized carbons (Fsp3) is 0.429. The van der Waals surface area contributed by atoms with E-state index in [1.165, 1.54) is 24.3 Å². The standard InChI is InChI=1S/C14H18N2O4S/c1-3-20-14(17)11-16(2)8-9-21(18,19)13-6-4-12(10-15)5-7-13/h4-7H,3,8-9,11H2,1-2H3. The van der Waals surface area contributed by atoms with E-state index in [4.69, 9.17) is 10.00 Å². The molecule has 0 saturated carbocycles. The molecule has 1 rings (SSSR count). The van der Waals surface area contributed by atoms with Crippen LogP contribution in [0.25, 0.3) is 0 Å². The van der Waals surface area contributed by atoms with Crippen LogP contribution in [0.1, 0.15) is 12.5 Å². The Hall–Kier alpha value is -1.91. The predicted molar refractivity (Wildman–Crippen MR) is 77.3 cm³/mol. The van der Waals surface area contributed by atoms with Gasteiger partial charge in [0, 0.05) is 6.54 Å². The van der Waals surface area contributed by atoms with Crippen molar-refractivity contribution in [2.45, 2.75) is 11.8 Å². The second kappa shape index (κ2) is 7.76. The van der Waals surface area contributed by atoms with Crippen molar-refractivity contribution in [3.63, 3.8) is 0 Å². The van der Waals surface area contributed by atoms with Crippen molar-refractivity contribution in [2.75, 3.05) is 32.5 Å². The van der Waals surface area contributed by atoms with Gasteiger partial charge < -0.3 is 4.74 Å². The van der Waals surface area contributed by atoms with E-state index in [0.717, 1.165) is 0 Å². The Bertz CT molecular complexity index is 617. The Morgan fingerprint density at radius 1 is 1.33 bits per heavy atom. The normalized spacial score (nSPS) is 11.1. The van der Waals surface area contributed by atoms with Crippen LogP contribution in [0.2, 0.25) is 0 Å². The SMILES string of the molecule is CCOC(=O)CN(C)CCS(=O)(=O)c1ccc(C#N)cc1. The van der Waals surface area contributed by atoms with Crippen LogP contribution in [0.4, 0.5) is 0 Å². The van der Waals surface area contributed by atoms with E-state index in [1.807, 2.05) is 6.07 Å². The number of ether oxygens (including phenoxy) is 1. The summed E-state index contributed by atoms with van der Waals surface area (Å²) in [5, 5.41) is 8.69. The topological polar surface area (TPSA) is 87.5 Å². The van der Waals surface area contributed by atoms with Gasteiger partial charge in [0.2, 0.25) is 0 Å². The Balaban J connectivity index is 2.60. The number of hydrogen-bond acceptors (Lipinski definition) is 6. The van der Waals surface area contributed by atoms with Gasteiger partial charge in [0.25, 0.3) is 0 Å². The number of nitriles is 1. The second-order valence-corrected chi connectivity index (χ2v) is 6.61. The average molecular weight is 310 g/mol. The van der Waals surface area contributed by atoms with Crippen LogP contribution in [0.15, 0.2) is 29.2 Å². The maximum Gasteiger partial charge on any atom is 0.320 e. The van der Waals surface area contributed by atoms with Crippen molar-refractivity contribution in [1.29, 1.82) is 5.26 Å². The van der Waals surface area contributed by atoms with Gasteiger partial charge in [0.05, 0.1) is 35.4 Å². The Morgan fingerprint density at radius 2 is 1.95 bits per heavy atom. The van der Waals surface area contributed by atoms with E-state index < -0.39 is 9.84 Å². The van der Waals surface area contributed by atoms with Crippen LogP contribution in [0.5, 0.6) is 0 Å². The van der Waals surface area contributed by atoms with Crippen LogP contribution in [0, 0.1) is 11.3 Å². The molecule has 0 saturated heterocycles.